The summed E-state index contributed by atoms with van der Waals surface area (Å²) in [6.45, 7) is 1.74. The summed E-state index contributed by atoms with van der Waals surface area (Å²) < 4.78 is 14.9. The highest BCUT2D eigenvalue weighted by Gasteiger charge is 2.21. The molecule has 0 radical (unpaired) electrons. The number of aliphatic hydroxyl groups excluding tert-OH is 1. The van der Waals surface area contributed by atoms with Gasteiger partial charge in [-0.05, 0) is 24.1 Å². The van der Waals surface area contributed by atoms with Gasteiger partial charge in [-0.2, -0.15) is 0 Å². The number of benzene rings is 1. The molecule has 0 fully saturated rings. The van der Waals surface area contributed by atoms with Crippen molar-refractivity contribution in [2.45, 2.75) is 25.4 Å². The first-order chi connectivity index (χ1) is 11.0. The predicted molar refractivity (Wildman–Crippen MR) is 84.3 cm³/mol. The molecule has 2 atom stereocenters. The van der Waals surface area contributed by atoms with Gasteiger partial charge in [0.05, 0.1) is 12.6 Å². The Morgan fingerprint density at radius 1 is 1.35 bits per heavy atom. The van der Waals surface area contributed by atoms with Gasteiger partial charge in [0.2, 0.25) is 0 Å². The van der Waals surface area contributed by atoms with Crippen LogP contribution in [0, 0.1) is 5.82 Å². The molecular weight excluding hydrogens is 299 g/mol. The van der Waals surface area contributed by atoms with Crippen LogP contribution in [0.2, 0.25) is 0 Å². The summed E-state index contributed by atoms with van der Waals surface area (Å²) in [4.78, 5) is 16.4. The number of aryl methyl sites for hydroxylation is 1. The van der Waals surface area contributed by atoms with E-state index >= 15 is 0 Å². The fraction of sp³-hybridized carbons (Fsp3) is 0.375. The number of hydrogen-bond donors (Lipinski definition) is 3. The molecule has 0 spiro atoms. The molecule has 23 heavy (non-hydrogen) atoms. The Balaban J connectivity index is 2.22. The van der Waals surface area contributed by atoms with E-state index in [-0.39, 0.29) is 18.5 Å². The number of aliphatic hydroxyl groups is 1. The molecule has 2 rings (SSSR count). The van der Waals surface area contributed by atoms with Gasteiger partial charge in [-0.1, -0.05) is 19.1 Å². The van der Waals surface area contributed by atoms with Crippen molar-refractivity contribution in [2.75, 3.05) is 6.61 Å². The number of amides is 2. The lowest BCUT2D eigenvalue weighted by molar-refractivity contribution is 0.212. The van der Waals surface area contributed by atoms with Crippen molar-refractivity contribution in [3.05, 3.63) is 53.9 Å². The van der Waals surface area contributed by atoms with Crippen LogP contribution in [0.3, 0.4) is 0 Å². The zero-order chi connectivity index (χ0) is 16.8. The summed E-state index contributed by atoms with van der Waals surface area (Å²) >= 11 is 0. The first kappa shape index (κ1) is 17.0. The maximum atomic E-state index is 13.1. The molecule has 0 bridgehead atoms. The van der Waals surface area contributed by atoms with E-state index in [9.17, 15) is 14.3 Å². The molecule has 0 aliphatic heterocycles. The second kappa shape index (κ2) is 7.73. The normalized spacial score (nSPS) is 13.4. The van der Waals surface area contributed by atoms with E-state index in [2.05, 4.69) is 15.6 Å². The molecule has 2 aromatic rings. The number of carbonyl (C=O) groups is 1. The first-order valence-electron chi connectivity index (χ1n) is 7.45. The highest BCUT2D eigenvalue weighted by Crippen LogP contribution is 2.20. The third-order valence-electron chi connectivity index (χ3n) is 3.64. The second-order valence-electron chi connectivity index (χ2n) is 5.29. The van der Waals surface area contributed by atoms with E-state index in [1.807, 2.05) is 14.0 Å². The van der Waals surface area contributed by atoms with Gasteiger partial charge in [0.15, 0.2) is 0 Å². The summed E-state index contributed by atoms with van der Waals surface area (Å²) in [5.41, 5.74) is 0.716. The van der Waals surface area contributed by atoms with Crippen LogP contribution < -0.4 is 10.6 Å². The number of imidazole rings is 1. The fourth-order valence-electron chi connectivity index (χ4n) is 2.24. The molecular formula is C16H21FN4O2. The Labute approximate surface area is 134 Å². The van der Waals surface area contributed by atoms with Crippen LogP contribution in [0.1, 0.15) is 30.8 Å². The maximum Gasteiger partial charge on any atom is 0.315 e. The zero-order valence-corrected chi connectivity index (χ0v) is 13.2. The molecule has 1 heterocycles. The molecule has 124 valence electrons. The van der Waals surface area contributed by atoms with Gasteiger partial charge in [0.1, 0.15) is 17.7 Å². The summed E-state index contributed by atoms with van der Waals surface area (Å²) in [7, 11) is 1.82. The maximum absolute atomic E-state index is 13.1. The van der Waals surface area contributed by atoms with Crippen LogP contribution in [-0.4, -0.2) is 33.3 Å². The standard InChI is InChI=1S/C16H21FN4O2/c1-3-13(10-22)19-16(23)20-14(15-18-8-9-21(15)2)11-4-6-12(17)7-5-11/h4-9,13-14,22H,3,10H2,1-2H3,(H2,19,20,23)/t13-,14-/m0/s1. The Kier molecular flexibility index (Phi) is 5.70. The second-order valence-corrected chi connectivity index (χ2v) is 5.29. The van der Waals surface area contributed by atoms with Gasteiger partial charge in [-0.15, -0.1) is 0 Å². The highest BCUT2D eigenvalue weighted by molar-refractivity contribution is 5.75. The lowest BCUT2D eigenvalue weighted by Crippen LogP contribution is -2.45. The van der Waals surface area contributed by atoms with Crippen molar-refractivity contribution in [3.63, 3.8) is 0 Å². The van der Waals surface area contributed by atoms with Gasteiger partial charge in [-0.25, -0.2) is 14.2 Å². The number of hydrogen-bond acceptors (Lipinski definition) is 3. The SMILES string of the molecule is CC[C@@H](CO)NC(=O)N[C@@H](c1ccc(F)cc1)c1nccn1C. The Morgan fingerprint density at radius 2 is 2.04 bits per heavy atom. The van der Waals surface area contributed by atoms with Crippen LogP contribution in [0.15, 0.2) is 36.7 Å². The minimum Gasteiger partial charge on any atom is -0.394 e. The van der Waals surface area contributed by atoms with E-state index in [0.717, 1.165) is 0 Å². The number of aromatic nitrogens is 2. The van der Waals surface area contributed by atoms with E-state index < -0.39 is 12.1 Å². The van der Waals surface area contributed by atoms with Crippen LogP contribution in [0.5, 0.6) is 0 Å². The van der Waals surface area contributed by atoms with Crippen molar-refractivity contribution in [1.29, 1.82) is 0 Å². The average molecular weight is 320 g/mol. The van der Waals surface area contributed by atoms with Crippen molar-refractivity contribution >= 4 is 6.03 Å². The third-order valence-corrected chi connectivity index (χ3v) is 3.64. The van der Waals surface area contributed by atoms with Gasteiger partial charge in [0.25, 0.3) is 0 Å². The number of halogens is 1. The molecule has 0 saturated heterocycles. The van der Waals surface area contributed by atoms with Crippen LogP contribution in [0.4, 0.5) is 9.18 Å². The van der Waals surface area contributed by atoms with E-state index in [4.69, 9.17) is 0 Å². The highest BCUT2D eigenvalue weighted by atomic mass is 19.1. The van der Waals surface area contributed by atoms with E-state index in [1.165, 1.54) is 12.1 Å². The van der Waals surface area contributed by atoms with Crippen LogP contribution >= 0.6 is 0 Å². The molecule has 1 aromatic heterocycles. The molecule has 3 N–H and O–H groups in total. The fourth-order valence-corrected chi connectivity index (χ4v) is 2.24. The van der Waals surface area contributed by atoms with Gasteiger partial charge in [0, 0.05) is 19.4 Å². The molecule has 6 nitrogen and oxygen atoms in total. The molecule has 2 amide bonds. The van der Waals surface area contributed by atoms with Crippen molar-refractivity contribution < 1.29 is 14.3 Å². The minimum atomic E-state index is -0.521. The summed E-state index contributed by atoms with van der Waals surface area (Å²) in [6.07, 6.45) is 4.02. The first-order valence-corrected chi connectivity index (χ1v) is 7.45. The van der Waals surface area contributed by atoms with E-state index in [1.54, 1.807) is 29.1 Å². The molecule has 0 aliphatic carbocycles. The van der Waals surface area contributed by atoms with Gasteiger partial charge < -0.3 is 20.3 Å². The molecule has 0 saturated carbocycles. The van der Waals surface area contributed by atoms with Crippen molar-refractivity contribution in [3.8, 4) is 0 Å². The quantitative estimate of drug-likeness (QED) is 0.758. The Bertz CT molecular complexity index is 638. The lowest BCUT2D eigenvalue weighted by Gasteiger charge is -2.21. The molecule has 1 aromatic carbocycles. The minimum absolute atomic E-state index is 0.131. The van der Waals surface area contributed by atoms with E-state index in [0.29, 0.717) is 17.8 Å². The Morgan fingerprint density at radius 3 is 2.57 bits per heavy atom. The average Bonchev–Trinajstić information content (AvgIpc) is 2.97. The van der Waals surface area contributed by atoms with Crippen molar-refractivity contribution in [2.24, 2.45) is 7.05 Å². The van der Waals surface area contributed by atoms with Crippen LogP contribution in [0.25, 0.3) is 0 Å². The molecule has 0 unspecified atom stereocenters. The summed E-state index contributed by atoms with van der Waals surface area (Å²) in [5.74, 6) is 0.284. The van der Waals surface area contributed by atoms with Crippen LogP contribution in [-0.2, 0) is 7.05 Å². The Hall–Kier alpha value is -2.41. The number of nitrogens with one attached hydrogen (secondary N) is 2. The summed E-state index contributed by atoms with van der Waals surface area (Å²) in [6, 6.07) is 4.65. The van der Waals surface area contributed by atoms with Gasteiger partial charge >= 0.3 is 6.03 Å². The summed E-state index contributed by atoms with van der Waals surface area (Å²) in [5, 5.41) is 14.7. The third kappa shape index (κ3) is 4.29. The smallest absolute Gasteiger partial charge is 0.315 e. The van der Waals surface area contributed by atoms with Gasteiger partial charge in [-0.3, -0.25) is 0 Å². The van der Waals surface area contributed by atoms with Crippen molar-refractivity contribution in [1.82, 2.24) is 20.2 Å². The molecule has 0 aliphatic rings. The zero-order valence-electron chi connectivity index (χ0n) is 13.2. The monoisotopic (exact) mass is 320 g/mol. The number of rotatable bonds is 6. The molecule has 7 heteroatoms. The number of nitrogens with zero attached hydrogens (tertiary/aromatic N) is 2. The predicted octanol–water partition coefficient (Wildman–Crippen LogP) is 1.72. The number of carbonyl (C=O) groups excluding carboxylic acids is 1. The lowest BCUT2D eigenvalue weighted by atomic mass is 10.1. The largest absolute Gasteiger partial charge is 0.394 e. The number of urea groups is 1. The topological polar surface area (TPSA) is 79.2 Å².